The lowest BCUT2D eigenvalue weighted by Crippen LogP contribution is -2.59. The highest BCUT2D eigenvalue weighted by molar-refractivity contribution is 4.93. The van der Waals surface area contributed by atoms with Gasteiger partial charge in [0.25, 0.3) is 0 Å². The van der Waals surface area contributed by atoms with Gasteiger partial charge in [-0.15, -0.1) is 0 Å². The van der Waals surface area contributed by atoms with Gasteiger partial charge in [0.05, 0.1) is 0 Å². The smallest absolute Gasteiger partial charge is 0.0226 e. The van der Waals surface area contributed by atoms with Gasteiger partial charge in [-0.2, -0.15) is 0 Å². The maximum Gasteiger partial charge on any atom is 0.0226 e. The van der Waals surface area contributed by atoms with Crippen LogP contribution in [0.5, 0.6) is 0 Å². The Morgan fingerprint density at radius 3 is 2.25 bits per heavy atom. The summed E-state index contributed by atoms with van der Waals surface area (Å²) in [6.07, 6.45) is 1.29. The molecule has 0 amide bonds. The Morgan fingerprint density at radius 1 is 1.42 bits per heavy atom. The predicted molar refractivity (Wildman–Crippen MR) is 53.1 cm³/mol. The van der Waals surface area contributed by atoms with Crippen LogP contribution in [0.4, 0.5) is 0 Å². The van der Waals surface area contributed by atoms with Crippen LogP contribution in [0, 0.1) is 5.41 Å². The Labute approximate surface area is 76.1 Å². The SMILES string of the molecule is CCC1(C)CN(CC(C)(C)N)C1. The summed E-state index contributed by atoms with van der Waals surface area (Å²) in [7, 11) is 0. The summed E-state index contributed by atoms with van der Waals surface area (Å²) >= 11 is 0. The molecule has 1 aliphatic heterocycles. The van der Waals surface area contributed by atoms with Crippen molar-refractivity contribution in [1.82, 2.24) is 4.90 Å². The van der Waals surface area contributed by atoms with Crippen molar-refractivity contribution in [2.45, 2.75) is 39.7 Å². The summed E-state index contributed by atoms with van der Waals surface area (Å²) in [5, 5.41) is 0. The lowest BCUT2D eigenvalue weighted by atomic mass is 9.79. The summed E-state index contributed by atoms with van der Waals surface area (Å²) in [4.78, 5) is 2.45. The normalized spacial score (nSPS) is 23.8. The number of nitrogens with zero attached hydrogens (tertiary/aromatic N) is 1. The monoisotopic (exact) mass is 170 g/mol. The lowest BCUT2D eigenvalue weighted by Gasteiger charge is -2.49. The molecule has 0 saturated carbocycles. The Kier molecular flexibility index (Phi) is 2.50. The molecular weight excluding hydrogens is 148 g/mol. The zero-order chi connectivity index (χ0) is 9.41. The molecular formula is C10H22N2. The van der Waals surface area contributed by atoms with Crippen molar-refractivity contribution in [2.75, 3.05) is 19.6 Å². The molecule has 72 valence electrons. The molecule has 0 atom stereocenters. The molecule has 0 aromatic rings. The first-order chi connectivity index (χ1) is 5.35. The Morgan fingerprint density at radius 2 is 1.92 bits per heavy atom. The van der Waals surface area contributed by atoms with E-state index < -0.39 is 0 Å². The van der Waals surface area contributed by atoms with Crippen molar-refractivity contribution in [1.29, 1.82) is 0 Å². The van der Waals surface area contributed by atoms with Crippen LogP contribution in [0.25, 0.3) is 0 Å². The molecule has 0 bridgehead atoms. The van der Waals surface area contributed by atoms with E-state index in [1.807, 2.05) is 0 Å². The zero-order valence-corrected chi connectivity index (χ0v) is 8.85. The summed E-state index contributed by atoms with van der Waals surface area (Å²) in [5.74, 6) is 0. The van der Waals surface area contributed by atoms with E-state index in [4.69, 9.17) is 5.73 Å². The highest BCUT2D eigenvalue weighted by atomic mass is 15.2. The van der Waals surface area contributed by atoms with Crippen molar-refractivity contribution in [3.63, 3.8) is 0 Å². The van der Waals surface area contributed by atoms with E-state index in [0.29, 0.717) is 5.41 Å². The van der Waals surface area contributed by atoms with Crippen molar-refractivity contribution < 1.29 is 0 Å². The zero-order valence-electron chi connectivity index (χ0n) is 8.85. The molecule has 2 heteroatoms. The third kappa shape index (κ3) is 2.46. The minimum atomic E-state index is -0.0327. The van der Waals surface area contributed by atoms with Gasteiger partial charge in [0.2, 0.25) is 0 Å². The van der Waals surface area contributed by atoms with Crippen molar-refractivity contribution in [3.8, 4) is 0 Å². The van der Waals surface area contributed by atoms with Crippen molar-refractivity contribution in [3.05, 3.63) is 0 Å². The molecule has 1 saturated heterocycles. The first kappa shape index (κ1) is 10.0. The van der Waals surface area contributed by atoms with Gasteiger partial charge < -0.3 is 10.6 Å². The van der Waals surface area contributed by atoms with Gasteiger partial charge in [0.1, 0.15) is 0 Å². The van der Waals surface area contributed by atoms with Crippen LogP contribution in [0.15, 0.2) is 0 Å². The summed E-state index contributed by atoms with van der Waals surface area (Å²) < 4.78 is 0. The molecule has 0 aliphatic carbocycles. The van der Waals surface area contributed by atoms with Gasteiger partial charge in [-0.05, 0) is 25.7 Å². The Balaban J connectivity index is 2.26. The highest BCUT2D eigenvalue weighted by Crippen LogP contribution is 2.33. The van der Waals surface area contributed by atoms with Crippen molar-refractivity contribution in [2.24, 2.45) is 11.1 Å². The molecule has 1 aliphatic rings. The van der Waals surface area contributed by atoms with E-state index in [9.17, 15) is 0 Å². The van der Waals surface area contributed by atoms with Gasteiger partial charge >= 0.3 is 0 Å². The second-order valence-corrected chi connectivity index (χ2v) is 5.30. The van der Waals surface area contributed by atoms with Gasteiger partial charge in [0.15, 0.2) is 0 Å². The third-order valence-corrected chi connectivity index (χ3v) is 2.70. The number of likely N-dealkylation sites (tertiary alicyclic amines) is 1. The van der Waals surface area contributed by atoms with Gasteiger partial charge in [-0.25, -0.2) is 0 Å². The summed E-state index contributed by atoms with van der Waals surface area (Å²) in [5.41, 5.74) is 6.48. The van der Waals surface area contributed by atoms with E-state index in [1.54, 1.807) is 0 Å². The van der Waals surface area contributed by atoms with E-state index in [-0.39, 0.29) is 5.54 Å². The lowest BCUT2D eigenvalue weighted by molar-refractivity contribution is 0.000772. The number of nitrogens with two attached hydrogens (primary N) is 1. The maximum absolute atomic E-state index is 5.93. The molecule has 12 heavy (non-hydrogen) atoms. The average molecular weight is 170 g/mol. The first-order valence-corrected chi connectivity index (χ1v) is 4.86. The second-order valence-electron chi connectivity index (χ2n) is 5.30. The van der Waals surface area contributed by atoms with Crippen LogP contribution < -0.4 is 5.73 Å². The minimum Gasteiger partial charge on any atom is -0.324 e. The molecule has 1 heterocycles. The van der Waals surface area contributed by atoms with E-state index in [2.05, 4.69) is 32.6 Å². The van der Waals surface area contributed by atoms with E-state index in [0.717, 1.165) is 6.54 Å². The summed E-state index contributed by atoms with van der Waals surface area (Å²) in [6.45, 7) is 12.3. The van der Waals surface area contributed by atoms with Crippen LogP contribution in [0.2, 0.25) is 0 Å². The van der Waals surface area contributed by atoms with Crippen LogP contribution in [0.3, 0.4) is 0 Å². The molecule has 2 N–H and O–H groups in total. The molecule has 1 rings (SSSR count). The quantitative estimate of drug-likeness (QED) is 0.694. The fourth-order valence-electron chi connectivity index (χ4n) is 1.95. The van der Waals surface area contributed by atoms with E-state index in [1.165, 1.54) is 19.5 Å². The van der Waals surface area contributed by atoms with Gasteiger partial charge in [-0.1, -0.05) is 13.8 Å². The molecule has 0 unspecified atom stereocenters. The van der Waals surface area contributed by atoms with Crippen molar-refractivity contribution >= 4 is 0 Å². The predicted octanol–water partition coefficient (Wildman–Crippen LogP) is 1.46. The molecule has 0 aromatic heterocycles. The second kappa shape index (κ2) is 3.00. The number of hydrogen-bond donors (Lipinski definition) is 1. The Hall–Kier alpha value is -0.0800. The maximum atomic E-state index is 5.93. The molecule has 1 fully saturated rings. The average Bonchev–Trinajstić information content (AvgIpc) is 1.81. The molecule has 0 spiro atoms. The highest BCUT2D eigenvalue weighted by Gasteiger charge is 2.38. The fourth-order valence-corrected chi connectivity index (χ4v) is 1.95. The number of hydrogen-bond acceptors (Lipinski definition) is 2. The van der Waals surface area contributed by atoms with Gasteiger partial charge in [0, 0.05) is 25.2 Å². The molecule has 2 nitrogen and oxygen atoms in total. The third-order valence-electron chi connectivity index (χ3n) is 2.70. The van der Waals surface area contributed by atoms with Crippen LogP contribution in [0.1, 0.15) is 34.1 Å². The van der Waals surface area contributed by atoms with Crippen LogP contribution in [-0.4, -0.2) is 30.1 Å². The topological polar surface area (TPSA) is 29.3 Å². The number of rotatable bonds is 3. The first-order valence-electron chi connectivity index (χ1n) is 4.86. The van der Waals surface area contributed by atoms with Gasteiger partial charge in [-0.3, -0.25) is 0 Å². The largest absolute Gasteiger partial charge is 0.324 e. The van der Waals surface area contributed by atoms with Crippen LogP contribution in [-0.2, 0) is 0 Å². The summed E-state index contributed by atoms with van der Waals surface area (Å²) in [6, 6.07) is 0. The minimum absolute atomic E-state index is 0.0327. The molecule has 0 radical (unpaired) electrons. The van der Waals surface area contributed by atoms with Crippen LogP contribution >= 0.6 is 0 Å². The fraction of sp³-hybridized carbons (Fsp3) is 1.00. The standard InChI is InChI=1S/C10H22N2/c1-5-10(4)7-12(8-10)6-9(2,3)11/h5-8,11H2,1-4H3. The molecule has 0 aromatic carbocycles. The van der Waals surface area contributed by atoms with E-state index >= 15 is 0 Å². The Bertz CT molecular complexity index is 152.